The summed E-state index contributed by atoms with van der Waals surface area (Å²) in [4.78, 5) is 12.6. The molecule has 0 rings (SSSR count). The standard InChI is InChI=1S/C72H137NO3/c1-3-5-7-9-11-13-15-17-19-21-23-25-27-29-30-31-32-33-34-35-36-37-38-39-40-41-42-44-46-48-50-52-54-56-58-60-62-64-66-68-72(76)73-70(69-74)71(75)67-65-63-61-59-57-55-53-51-49-47-45-43-28-26-24-22-20-18-16-14-12-10-8-6-4-2/h5,7,11,13,17,19,23,25,70-71,74-75H,3-4,6,8-10,12,14-16,18,20-22,24,26-69H2,1-2H3,(H,73,76)/b7-5-,13-11-,19-17-,25-23-. The predicted molar refractivity (Wildman–Crippen MR) is 341 cm³/mol. The molecule has 0 fully saturated rings. The number of hydrogen-bond acceptors (Lipinski definition) is 3. The Labute approximate surface area is 477 Å². The summed E-state index contributed by atoms with van der Waals surface area (Å²) < 4.78 is 0. The van der Waals surface area contributed by atoms with E-state index in [0.717, 1.165) is 51.4 Å². The average molecular weight is 1060 g/mol. The van der Waals surface area contributed by atoms with E-state index in [-0.39, 0.29) is 12.5 Å². The zero-order chi connectivity index (χ0) is 54.8. The number of rotatable bonds is 65. The van der Waals surface area contributed by atoms with Crippen LogP contribution in [0.5, 0.6) is 0 Å². The minimum atomic E-state index is -0.659. The summed E-state index contributed by atoms with van der Waals surface area (Å²) in [5, 5.41) is 23.5. The van der Waals surface area contributed by atoms with Crippen LogP contribution >= 0.6 is 0 Å². The van der Waals surface area contributed by atoms with Crippen molar-refractivity contribution in [3.63, 3.8) is 0 Å². The molecular weight excluding hydrogens is 927 g/mol. The summed E-state index contributed by atoms with van der Waals surface area (Å²) in [7, 11) is 0. The van der Waals surface area contributed by atoms with Gasteiger partial charge in [0, 0.05) is 6.42 Å². The van der Waals surface area contributed by atoms with Crippen molar-refractivity contribution in [2.45, 2.75) is 398 Å². The lowest BCUT2D eigenvalue weighted by Crippen LogP contribution is -2.45. The summed E-state index contributed by atoms with van der Waals surface area (Å²) in [6.45, 7) is 4.29. The van der Waals surface area contributed by atoms with E-state index in [2.05, 4.69) is 67.8 Å². The van der Waals surface area contributed by atoms with Gasteiger partial charge in [-0.05, 0) is 51.4 Å². The van der Waals surface area contributed by atoms with E-state index >= 15 is 0 Å². The normalized spacial score (nSPS) is 12.9. The number of hydrogen-bond donors (Lipinski definition) is 3. The van der Waals surface area contributed by atoms with Gasteiger partial charge in [-0.1, -0.05) is 377 Å². The highest BCUT2D eigenvalue weighted by Crippen LogP contribution is 2.19. The molecular formula is C72H137NO3. The number of unbranched alkanes of at least 4 members (excludes halogenated alkanes) is 50. The number of aliphatic hydroxyl groups excluding tert-OH is 2. The molecule has 1 amide bonds. The first-order valence-electron chi connectivity index (χ1n) is 34.8. The minimum Gasteiger partial charge on any atom is -0.394 e. The van der Waals surface area contributed by atoms with Gasteiger partial charge in [-0.25, -0.2) is 0 Å². The van der Waals surface area contributed by atoms with E-state index in [9.17, 15) is 15.0 Å². The van der Waals surface area contributed by atoms with Crippen molar-refractivity contribution in [1.82, 2.24) is 5.32 Å². The second kappa shape index (κ2) is 67.6. The fourth-order valence-corrected chi connectivity index (χ4v) is 11.1. The van der Waals surface area contributed by atoms with Crippen LogP contribution in [0.25, 0.3) is 0 Å². The van der Waals surface area contributed by atoms with Crippen molar-refractivity contribution >= 4 is 5.91 Å². The average Bonchev–Trinajstić information content (AvgIpc) is 3.42. The van der Waals surface area contributed by atoms with Gasteiger partial charge in [0.05, 0.1) is 18.8 Å². The molecule has 0 saturated heterocycles. The third-order valence-electron chi connectivity index (χ3n) is 16.4. The van der Waals surface area contributed by atoms with Crippen LogP contribution in [0.4, 0.5) is 0 Å². The van der Waals surface area contributed by atoms with E-state index < -0.39 is 12.1 Å². The lowest BCUT2D eigenvalue weighted by molar-refractivity contribution is -0.123. The third-order valence-corrected chi connectivity index (χ3v) is 16.4. The van der Waals surface area contributed by atoms with Crippen LogP contribution < -0.4 is 5.32 Å². The van der Waals surface area contributed by atoms with Crippen LogP contribution in [-0.4, -0.2) is 34.9 Å². The van der Waals surface area contributed by atoms with Crippen molar-refractivity contribution in [2.75, 3.05) is 6.61 Å². The Morgan fingerprint density at radius 1 is 0.329 bits per heavy atom. The molecule has 0 aliphatic heterocycles. The summed E-state index contributed by atoms with van der Waals surface area (Å²) in [5.41, 5.74) is 0. The Morgan fingerprint density at radius 2 is 0.579 bits per heavy atom. The Balaban J connectivity index is 3.37. The molecule has 0 aromatic carbocycles. The van der Waals surface area contributed by atoms with E-state index in [0.29, 0.717) is 12.8 Å². The van der Waals surface area contributed by atoms with Crippen molar-refractivity contribution in [3.8, 4) is 0 Å². The molecule has 4 heteroatoms. The maximum atomic E-state index is 12.6. The molecule has 76 heavy (non-hydrogen) atoms. The molecule has 0 aliphatic rings. The highest BCUT2D eigenvalue weighted by atomic mass is 16.3. The van der Waals surface area contributed by atoms with Gasteiger partial charge >= 0.3 is 0 Å². The smallest absolute Gasteiger partial charge is 0.220 e. The van der Waals surface area contributed by atoms with E-state index in [4.69, 9.17) is 0 Å². The van der Waals surface area contributed by atoms with Crippen molar-refractivity contribution in [1.29, 1.82) is 0 Å². The lowest BCUT2D eigenvalue weighted by Gasteiger charge is -2.22. The first kappa shape index (κ1) is 74.3. The van der Waals surface area contributed by atoms with Gasteiger partial charge in [0.25, 0.3) is 0 Å². The number of nitrogens with one attached hydrogen (secondary N) is 1. The molecule has 4 nitrogen and oxygen atoms in total. The van der Waals surface area contributed by atoms with E-state index in [1.807, 2.05) is 0 Å². The van der Waals surface area contributed by atoms with Crippen molar-refractivity contribution < 1.29 is 15.0 Å². The molecule has 3 N–H and O–H groups in total. The Bertz CT molecular complexity index is 1210. The lowest BCUT2D eigenvalue weighted by atomic mass is 10.0. The molecule has 0 aliphatic carbocycles. The molecule has 0 radical (unpaired) electrons. The van der Waals surface area contributed by atoms with Crippen LogP contribution in [0.15, 0.2) is 48.6 Å². The van der Waals surface area contributed by atoms with E-state index in [1.54, 1.807) is 0 Å². The molecule has 2 unspecified atom stereocenters. The van der Waals surface area contributed by atoms with Crippen LogP contribution in [0.2, 0.25) is 0 Å². The second-order valence-corrected chi connectivity index (χ2v) is 23.9. The number of carbonyl (C=O) groups excluding carboxylic acids is 1. The van der Waals surface area contributed by atoms with Crippen molar-refractivity contribution in [3.05, 3.63) is 48.6 Å². The topological polar surface area (TPSA) is 69.6 Å². The Morgan fingerprint density at radius 3 is 0.868 bits per heavy atom. The summed E-state index contributed by atoms with van der Waals surface area (Å²) in [5.74, 6) is -0.0224. The van der Waals surface area contributed by atoms with Crippen LogP contribution in [0.1, 0.15) is 386 Å². The maximum Gasteiger partial charge on any atom is 0.220 e. The molecule has 448 valence electrons. The molecule has 0 heterocycles. The molecule has 0 aromatic heterocycles. The van der Waals surface area contributed by atoms with Crippen LogP contribution in [0, 0.1) is 0 Å². The van der Waals surface area contributed by atoms with Gasteiger partial charge in [-0.3, -0.25) is 4.79 Å². The van der Waals surface area contributed by atoms with Crippen LogP contribution in [0.3, 0.4) is 0 Å². The number of carbonyl (C=O) groups is 1. The third kappa shape index (κ3) is 63.2. The Kier molecular flexibility index (Phi) is 66.2. The molecule has 2 atom stereocenters. The highest BCUT2D eigenvalue weighted by Gasteiger charge is 2.20. The highest BCUT2D eigenvalue weighted by molar-refractivity contribution is 5.76. The van der Waals surface area contributed by atoms with Gasteiger partial charge in [0.1, 0.15) is 0 Å². The van der Waals surface area contributed by atoms with E-state index in [1.165, 1.54) is 308 Å². The van der Waals surface area contributed by atoms with Gasteiger partial charge in [-0.15, -0.1) is 0 Å². The van der Waals surface area contributed by atoms with Crippen LogP contribution in [-0.2, 0) is 4.79 Å². The monoisotopic (exact) mass is 1060 g/mol. The largest absolute Gasteiger partial charge is 0.394 e. The van der Waals surface area contributed by atoms with Gasteiger partial charge in [-0.2, -0.15) is 0 Å². The quantitative estimate of drug-likeness (QED) is 0.0420. The molecule has 0 aromatic rings. The first-order valence-corrected chi connectivity index (χ1v) is 34.8. The summed E-state index contributed by atoms with van der Waals surface area (Å²) >= 11 is 0. The molecule has 0 spiro atoms. The Hall–Kier alpha value is -1.65. The first-order chi connectivity index (χ1) is 37.7. The minimum absolute atomic E-state index is 0.0224. The summed E-state index contributed by atoms with van der Waals surface area (Å²) in [6, 6.07) is -0.536. The second-order valence-electron chi connectivity index (χ2n) is 23.9. The fourth-order valence-electron chi connectivity index (χ4n) is 11.1. The molecule has 0 saturated carbocycles. The SMILES string of the molecule is CC/C=C\C/C=C\C/C=C\C/C=C\CCCCCCCCCCCCCCCCCCCCCCCCCCCCC(=O)NC(CO)C(O)CCCCCCCCCCCCCCCCCCCCCCCCCCC. The van der Waals surface area contributed by atoms with Gasteiger partial charge in [0.2, 0.25) is 5.91 Å². The van der Waals surface area contributed by atoms with Crippen molar-refractivity contribution in [2.24, 2.45) is 0 Å². The number of allylic oxidation sites excluding steroid dienone is 8. The number of aliphatic hydroxyl groups is 2. The van der Waals surface area contributed by atoms with Gasteiger partial charge < -0.3 is 15.5 Å². The summed E-state index contributed by atoms with van der Waals surface area (Å²) in [6.07, 6.45) is 94.6. The number of amides is 1. The zero-order valence-electron chi connectivity index (χ0n) is 51.8. The maximum absolute atomic E-state index is 12.6. The fraction of sp³-hybridized carbons (Fsp3) is 0.875. The molecule has 0 bridgehead atoms. The predicted octanol–water partition coefficient (Wildman–Crippen LogP) is 23.7. The van der Waals surface area contributed by atoms with Gasteiger partial charge in [0.15, 0.2) is 0 Å². The zero-order valence-corrected chi connectivity index (χ0v) is 51.8.